The van der Waals surface area contributed by atoms with E-state index in [2.05, 4.69) is 4.98 Å². The summed E-state index contributed by atoms with van der Waals surface area (Å²) in [4.78, 5) is 18.1. The number of pyridine rings is 1. The van der Waals surface area contributed by atoms with Gasteiger partial charge in [-0.1, -0.05) is 0 Å². The van der Waals surface area contributed by atoms with Gasteiger partial charge in [0.15, 0.2) is 5.82 Å². The molecule has 4 heterocycles. The Bertz CT molecular complexity index is 747. The Kier molecular flexibility index (Phi) is 4.43. The van der Waals surface area contributed by atoms with Crippen molar-refractivity contribution in [3.8, 4) is 5.88 Å². The molecule has 25 heavy (non-hydrogen) atoms. The second-order valence-electron chi connectivity index (χ2n) is 6.56. The smallest absolute Gasteiger partial charge is 0.250 e. The average molecular weight is 362 g/mol. The first-order valence-corrected chi connectivity index (χ1v) is 9.27. The highest BCUT2D eigenvalue weighted by Crippen LogP contribution is 2.40. The maximum absolute atomic E-state index is 13.6. The first kappa shape index (κ1) is 16.5. The minimum atomic E-state index is -0.461. The van der Waals surface area contributed by atoms with E-state index in [-0.39, 0.29) is 23.3 Å². The molecule has 0 radical (unpaired) electrons. The number of thiophene rings is 1. The second kappa shape index (κ2) is 6.72. The van der Waals surface area contributed by atoms with Crippen LogP contribution in [-0.2, 0) is 16.0 Å². The van der Waals surface area contributed by atoms with Crippen LogP contribution in [0, 0.1) is 11.7 Å². The van der Waals surface area contributed by atoms with Gasteiger partial charge in [0, 0.05) is 18.7 Å². The zero-order chi connectivity index (χ0) is 17.3. The van der Waals surface area contributed by atoms with Gasteiger partial charge in [0.05, 0.1) is 26.1 Å². The molecule has 0 bridgehead atoms. The molecule has 7 heteroatoms. The Morgan fingerprint density at radius 2 is 2.36 bits per heavy atom. The number of hydrogen-bond donors (Lipinski definition) is 0. The molecule has 0 aliphatic carbocycles. The number of carbonyl (C=O) groups is 1. The van der Waals surface area contributed by atoms with E-state index in [9.17, 15) is 9.18 Å². The summed E-state index contributed by atoms with van der Waals surface area (Å²) < 4.78 is 25.1. The summed E-state index contributed by atoms with van der Waals surface area (Å²) in [6, 6.07) is 4.84. The SMILES string of the molecule is O=C(Cc1ccsc1)N1CC2(C1)OCC[C@H]2COc1ncccc1F. The van der Waals surface area contributed by atoms with Crippen molar-refractivity contribution in [2.75, 3.05) is 26.3 Å². The molecule has 5 nitrogen and oxygen atoms in total. The first-order valence-electron chi connectivity index (χ1n) is 8.32. The average Bonchev–Trinajstić information content (AvgIpc) is 3.22. The number of ether oxygens (including phenoxy) is 2. The predicted octanol–water partition coefficient (Wildman–Crippen LogP) is 2.52. The minimum absolute atomic E-state index is 0.0225. The normalized spacial score (nSPS) is 21.3. The molecule has 1 amide bonds. The van der Waals surface area contributed by atoms with Crippen LogP contribution in [0.25, 0.3) is 0 Å². The molecule has 2 fully saturated rings. The summed E-state index contributed by atoms with van der Waals surface area (Å²) in [6.45, 7) is 2.15. The van der Waals surface area contributed by atoms with Crippen molar-refractivity contribution in [3.05, 3.63) is 46.5 Å². The lowest BCUT2D eigenvalue weighted by Gasteiger charge is -2.50. The highest BCUT2D eigenvalue weighted by atomic mass is 32.1. The molecule has 4 rings (SSSR count). The summed E-state index contributed by atoms with van der Waals surface area (Å²) in [5.41, 5.74) is 0.698. The van der Waals surface area contributed by atoms with Crippen LogP contribution in [0.1, 0.15) is 12.0 Å². The molecule has 2 aliphatic heterocycles. The Labute approximate surface area is 149 Å². The van der Waals surface area contributed by atoms with E-state index in [0.717, 1.165) is 12.0 Å². The fourth-order valence-corrected chi connectivity index (χ4v) is 4.15. The third kappa shape index (κ3) is 3.26. The summed E-state index contributed by atoms with van der Waals surface area (Å²) in [5.74, 6) is -0.181. The molecular formula is C18H19FN2O3S. The van der Waals surface area contributed by atoms with E-state index in [4.69, 9.17) is 9.47 Å². The molecule has 0 unspecified atom stereocenters. The van der Waals surface area contributed by atoms with E-state index < -0.39 is 5.82 Å². The van der Waals surface area contributed by atoms with Crippen LogP contribution in [0.2, 0.25) is 0 Å². The highest BCUT2D eigenvalue weighted by molar-refractivity contribution is 7.08. The monoisotopic (exact) mass is 362 g/mol. The van der Waals surface area contributed by atoms with Crippen LogP contribution in [0.4, 0.5) is 4.39 Å². The van der Waals surface area contributed by atoms with E-state index >= 15 is 0 Å². The summed E-state index contributed by atoms with van der Waals surface area (Å²) in [7, 11) is 0. The van der Waals surface area contributed by atoms with Gasteiger partial charge in [-0.3, -0.25) is 4.79 Å². The van der Waals surface area contributed by atoms with Gasteiger partial charge in [-0.05, 0) is 40.9 Å². The number of aromatic nitrogens is 1. The van der Waals surface area contributed by atoms with Crippen molar-refractivity contribution >= 4 is 17.2 Å². The van der Waals surface area contributed by atoms with Gasteiger partial charge < -0.3 is 14.4 Å². The molecule has 0 aromatic carbocycles. The lowest BCUT2D eigenvalue weighted by molar-refractivity contribution is -0.166. The Hall–Kier alpha value is -1.99. The highest BCUT2D eigenvalue weighted by Gasteiger charge is 2.54. The summed E-state index contributed by atoms with van der Waals surface area (Å²) in [6.07, 6.45) is 2.79. The molecule has 0 N–H and O–H groups in total. The third-order valence-electron chi connectivity index (χ3n) is 4.95. The maximum atomic E-state index is 13.6. The van der Waals surface area contributed by atoms with Crippen LogP contribution >= 0.6 is 11.3 Å². The fraction of sp³-hybridized carbons (Fsp3) is 0.444. The first-order chi connectivity index (χ1) is 12.2. The Morgan fingerprint density at radius 1 is 1.48 bits per heavy atom. The molecule has 2 aromatic heterocycles. The molecule has 0 saturated carbocycles. The molecule has 1 atom stereocenters. The minimum Gasteiger partial charge on any atom is -0.475 e. The predicted molar refractivity (Wildman–Crippen MR) is 91.1 cm³/mol. The van der Waals surface area contributed by atoms with Crippen molar-refractivity contribution < 1.29 is 18.7 Å². The van der Waals surface area contributed by atoms with Gasteiger partial charge in [0.2, 0.25) is 11.8 Å². The van der Waals surface area contributed by atoms with Crippen LogP contribution in [0.15, 0.2) is 35.2 Å². The van der Waals surface area contributed by atoms with Crippen molar-refractivity contribution in [1.29, 1.82) is 0 Å². The molecule has 2 saturated heterocycles. The number of likely N-dealkylation sites (tertiary alicyclic amines) is 1. The summed E-state index contributed by atoms with van der Waals surface area (Å²) >= 11 is 1.60. The van der Waals surface area contributed by atoms with E-state index in [1.165, 1.54) is 18.3 Å². The molecular weight excluding hydrogens is 343 g/mol. The largest absolute Gasteiger partial charge is 0.475 e. The molecule has 132 valence electrons. The van der Waals surface area contributed by atoms with Crippen molar-refractivity contribution in [2.45, 2.75) is 18.4 Å². The zero-order valence-electron chi connectivity index (χ0n) is 13.7. The number of amides is 1. The zero-order valence-corrected chi connectivity index (χ0v) is 14.5. The van der Waals surface area contributed by atoms with Crippen LogP contribution < -0.4 is 4.74 Å². The molecule has 2 aromatic rings. The van der Waals surface area contributed by atoms with Gasteiger partial charge >= 0.3 is 0 Å². The second-order valence-corrected chi connectivity index (χ2v) is 7.34. The molecule has 1 spiro atoms. The number of carbonyl (C=O) groups excluding carboxylic acids is 1. The van der Waals surface area contributed by atoms with Crippen LogP contribution in [-0.4, -0.2) is 47.7 Å². The number of halogens is 1. The quantitative estimate of drug-likeness (QED) is 0.820. The Balaban J connectivity index is 1.33. The summed E-state index contributed by atoms with van der Waals surface area (Å²) in [5, 5.41) is 3.97. The number of hydrogen-bond acceptors (Lipinski definition) is 5. The van der Waals surface area contributed by atoms with Gasteiger partial charge in [-0.15, -0.1) is 0 Å². The van der Waals surface area contributed by atoms with Gasteiger partial charge in [0.25, 0.3) is 0 Å². The number of nitrogens with zero attached hydrogens (tertiary/aromatic N) is 2. The van der Waals surface area contributed by atoms with E-state index in [0.29, 0.717) is 32.7 Å². The van der Waals surface area contributed by atoms with Crippen molar-refractivity contribution in [3.63, 3.8) is 0 Å². The van der Waals surface area contributed by atoms with Crippen molar-refractivity contribution in [2.24, 2.45) is 5.92 Å². The van der Waals surface area contributed by atoms with Crippen LogP contribution in [0.5, 0.6) is 5.88 Å². The third-order valence-corrected chi connectivity index (χ3v) is 5.68. The molecule has 2 aliphatic rings. The van der Waals surface area contributed by atoms with Gasteiger partial charge in [-0.25, -0.2) is 9.37 Å². The van der Waals surface area contributed by atoms with E-state index in [1.807, 2.05) is 21.7 Å². The number of rotatable bonds is 5. The van der Waals surface area contributed by atoms with Crippen molar-refractivity contribution in [1.82, 2.24) is 9.88 Å². The fourth-order valence-electron chi connectivity index (χ4n) is 3.48. The standard InChI is InChI=1S/C18H19FN2O3S/c19-15-2-1-5-20-17(15)23-9-14-3-6-24-18(14)11-21(12-18)16(22)8-13-4-7-25-10-13/h1-2,4-5,7,10,14H,3,6,8-9,11-12H2/t14-/m0/s1. The van der Waals surface area contributed by atoms with E-state index in [1.54, 1.807) is 11.3 Å². The lowest BCUT2D eigenvalue weighted by Crippen LogP contribution is -2.67. The Morgan fingerprint density at radius 3 is 3.12 bits per heavy atom. The topological polar surface area (TPSA) is 51.7 Å². The maximum Gasteiger partial charge on any atom is 0.250 e. The van der Waals surface area contributed by atoms with Gasteiger partial charge in [-0.2, -0.15) is 11.3 Å². The lowest BCUT2D eigenvalue weighted by atomic mass is 9.81. The van der Waals surface area contributed by atoms with Gasteiger partial charge in [0.1, 0.15) is 5.60 Å². The van der Waals surface area contributed by atoms with Crippen LogP contribution in [0.3, 0.4) is 0 Å².